The number of ether oxygens (including phenoxy) is 1. The number of esters is 1. The molecule has 5 rings (SSSR count). The number of hydrogen-bond acceptors (Lipinski definition) is 5. The van der Waals surface area contributed by atoms with Crippen LogP contribution in [-0.4, -0.2) is 30.2 Å². The summed E-state index contributed by atoms with van der Waals surface area (Å²) >= 11 is 0. The maximum absolute atomic E-state index is 12.6. The summed E-state index contributed by atoms with van der Waals surface area (Å²) in [6, 6.07) is 25.4. The number of Topliss-reactive ketones (excluding diaryl/α,β-unsaturated/α-hetero) is 1. The number of carbonyl (C=O) groups excluding carboxylic acids is 4. The number of hydrogen-bond donors (Lipinski definition) is 0. The lowest BCUT2D eigenvalue weighted by atomic mass is 10.0. The number of imide groups is 1. The standard InChI is InChI=1S/C27H17NO5/c29-24(21-11-5-7-17-6-1-2-8-20(17)21)16-33-27(32)18-12-14-19(15-13-18)28-25(30)22-9-3-4-10-23(22)26(28)31/h1-15H,16H2. The Bertz CT molecular complexity index is 1400. The van der Waals surface area contributed by atoms with Crippen molar-refractivity contribution in [2.45, 2.75) is 0 Å². The van der Waals surface area contributed by atoms with Gasteiger partial charge in [-0.15, -0.1) is 0 Å². The summed E-state index contributed by atoms with van der Waals surface area (Å²) in [6.45, 7) is -0.396. The Labute approximate surface area is 189 Å². The molecule has 0 radical (unpaired) electrons. The van der Waals surface area contributed by atoms with Crippen LogP contribution in [0.5, 0.6) is 0 Å². The molecule has 33 heavy (non-hydrogen) atoms. The van der Waals surface area contributed by atoms with Crippen molar-refractivity contribution in [2.75, 3.05) is 11.5 Å². The van der Waals surface area contributed by atoms with Gasteiger partial charge in [0.05, 0.1) is 22.4 Å². The highest BCUT2D eigenvalue weighted by Crippen LogP contribution is 2.28. The lowest BCUT2D eigenvalue weighted by Gasteiger charge is -2.14. The van der Waals surface area contributed by atoms with Crippen LogP contribution in [0.2, 0.25) is 0 Å². The average Bonchev–Trinajstić information content (AvgIpc) is 3.12. The third-order valence-corrected chi connectivity index (χ3v) is 5.58. The van der Waals surface area contributed by atoms with Gasteiger partial charge in [0.15, 0.2) is 6.61 Å². The molecule has 1 aliphatic rings. The lowest BCUT2D eigenvalue weighted by molar-refractivity contribution is 0.0475. The monoisotopic (exact) mass is 435 g/mol. The first-order valence-corrected chi connectivity index (χ1v) is 10.3. The highest BCUT2D eigenvalue weighted by Gasteiger charge is 2.36. The molecule has 4 aromatic carbocycles. The Kier molecular flexibility index (Phi) is 5.03. The van der Waals surface area contributed by atoms with Crippen molar-refractivity contribution in [1.82, 2.24) is 0 Å². The Hall–Kier alpha value is -4.58. The number of benzene rings is 4. The molecule has 2 amide bonds. The maximum Gasteiger partial charge on any atom is 0.338 e. The van der Waals surface area contributed by atoms with E-state index in [1.54, 1.807) is 36.4 Å². The van der Waals surface area contributed by atoms with E-state index in [-0.39, 0.29) is 11.3 Å². The minimum atomic E-state index is -0.669. The van der Waals surface area contributed by atoms with Gasteiger partial charge < -0.3 is 4.74 Å². The molecule has 1 heterocycles. The molecule has 1 aliphatic heterocycles. The van der Waals surface area contributed by atoms with Crippen molar-refractivity contribution in [3.63, 3.8) is 0 Å². The largest absolute Gasteiger partial charge is 0.454 e. The molecule has 0 fully saturated rings. The molecule has 0 saturated heterocycles. The minimum absolute atomic E-state index is 0.209. The SMILES string of the molecule is O=C(OCC(=O)c1cccc2ccccc12)c1ccc(N2C(=O)c3ccccc3C2=O)cc1. The number of nitrogens with zero attached hydrogens (tertiary/aromatic N) is 1. The zero-order valence-electron chi connectivity index (χ0n) is 17.4. The first-order valence-electron chi connectivity index (χ1n) is 10.3. The summed E-state index contributed by atoms with van der Waals surface area (Å²) in [4.78, 5) is 51.4. The molecule has 6 heteroatoms. The van der Waals surface area contributed by atoms with Crippen LogP contribution in [0.25, 0.3) is 10.8 Å². The summed E-state index contributed by atoms with van der Waals surface area (Å²) in [5.74, 6) is -1.79. The van der Waals surface area contributed by atoms with E-state index in [1.165, 1.54) is 24.3 Å². The second-order valence-corrected chi connectivity index (χ2v) is 7.56. The topological polar surface area (TPSA) is 80.8 Å². The summed E-state index contributed by atoms with van der Waals surface area (Å²) < 4.78 is 5.22. The average molecular weight is 435 g/mol. The van der Waals surface area contributed by atoms with Crippen molar-refractivity contribution in [3.05, 3.63) is 113 Å². The van der Waals surface area contributed by atoms with Crippen LogP contribution in [0.1, 0.15) is 41.4 Å². The molecular formula is C27H17NO5. The number of amides is 2. The smallest absolute Gasteiger partial charge is 0.338 e. The van der Waals surface area contributed by atoms with E-state index in [2.05, 4.69) is 0 Å². The second kappa shape index (κ2) is 8.16. The van der Waals surface area contributed by atoms with Gasteiger partial charge in [-0.05, 0) is 47.2 Å². The van der Waals surface area contributed by atoms with Crippen LogP contribution in [0.3, 0.4) is 0 Å². The van der Waals surface area contributed by atoms with Gasteiger partial charge in [-0.3, -0.25) is 14.4 Å². The van der Waals surface area contributed by atoms with Gasteiger partial charge in [-0.25, -0.2) is 9.69 Å². The van der Waals surface area contributed by atoms with E-state index in [4.69, 9.17) is 4.74 Å². The van der Waals surface area contributed by atoms with Crippen molar-refractivity contribution < 1.29 is 23.9 Å². The van der Waals surface area contributed by atoms with Gasteiger partial charge in [0.2, 0.25) is 5.78 Å². The first-order chi connectivity index (χ1) is 16.0. The van der Waals surface area contributed by atoms with Crippen molar-refractivity contribution in [1.29, 1.82) is 0 Å². The summed E-state index contributed by atoms with van der Waals surface area (Å²) in [6.07, 6.45) is 0. The fourth-order valence-electron chi connectivity index (χ4n) is 3.93. The predicted molar refractivity (Wildman–Crippen MR) is 123 cm³/mol. The fraction of sp³-hybridized carbons (Fsp3) is 0.0370. The van der Waals surface area contributed by atoms with E-state index < -0.39 is 24.4 Å². The zero-order valence-corrected chi connectivity index (χ0v) is 17.4. The summed E-state index contributed by atoms with van der Waals surface area (Å²) in [5.41, 5.74) is 1.74. The van der Waals surface area contributed by atoms with E-state index >= 15 is 0 Å². The summed E-state index contributed by atoms with van der Waals surface area (Å²) in [7, 11) is 0. The molecule has 0 unspecified atom stereocenters. The van der Waals surface area contributed by atoms with Crippen LogP contribution < -0.4 is 4.90 Å². The number of carbonyl (C=O) groups is 4. The highest BCUT2D eigenvalue weighted by atomic mass is 16.5. The molecule has 160 valence electrons. The van der Waals surface area contributed by atoms with Gasteiger partial charge in [0, 0.05) is 5.56 Å². The van der Waals surface area contributed by atoms with Gasteiger partial charge in [-0.2, -0.15) is 0 Å². The van der Waals surface area contributed by atoms with Crippen LogP contribution >= 0.6 is 0 Å². The van der Waals surface area contributed by atoms with Gasteiger partial charge in [-0.1, -0.05) is 54.6 Å². The van der Waals surface area contributed by atoms with E-state index in [0.29, 0.717) is 22.4 Å². The van der Waals surface area contributed by atoms with E-state index in [9.17, 15) is 19.2 Å². The zero-order chi connectivity index (χ0) is 22.9. The first kappa shape index (κ1) is 20.3. The Morgan fingerprint density at radius 3 is 2.00 bits per heavy atom. The predicted octanol–water partition coefficient (Wildman–Crippen LogP) is 4.68. The Balaban J connectivity index is 1.28. The molecule has 0 aromatic heterocycles. The molecule has 0 N–H and O–H groups in total. The van der Waals surface area contributed by atoms with E-state index in [1.807, 2.05) is 30.3 Å². The molecule has 4 aromatic rings. The summed E-state index contributed by atoms with van der Waals surface area (Å²) in [5, 5.41) is 1.73. The number of ketones is 1. The maximum atomic E-state index is 12.6. The molecule has 0 saturated carbocycles. The van der Waals surface area contributed by atoms with Crippen molar-refractivity contribution >= 4 is 40.0 Å². The van der Waals surface area contributed by atoms with Gasteiger partial charge in [0.1, 0.15) is 0 Å². The quantitative estimate of drug-likeness (QED) is 0.258. The molecule has 0 spiro atoms. The van der Waals surface area contributed by atoms with Gasteiger partial charge in [0.25, 0.3) is 11.8 Å². The normalized spacial score (nSPS) is 12.7. The third kappa shape index (κ3) is 3.57. The fourth-order valence-corrected chi connectivity index (χ4v) is 3.93. The van der Waals surface area contributed by atoms with E-state index in [0.717, 1.165) is 15.7 Å². The second-order valence-electron chi connectivity index (χ2n) is 7.56. The molecule has 0 bridgehead atoms. The number of fused-ring (bicyclic) bond motifs is 2. The Morgan fingerprint density at radius 1 is 0.697 bits per heavy atom. The molecule has 0 atom stereocenters. The minimum Gasteiger partial charge on any atom is -0.454 e. The van der Waals surface area contributed by atoms with Crippen LogP contribution in [0, 0.1) is 0 Å². The molecule has 6 nitrogen and oxygen atoms in total. The van der Waals surface area contributed by atoms with Gasteiger partial charge >= 0.3 is 5.97 Å². The lowest BCUT2D eigenvalue weighted by Crippen LogP contribution is -2.29. The van der Waals surface area contributed by atoms with Crippen molar-refractivity contribution in [3.8, 4) is 0 Å². The Morgan fingerprint density at radius 2 is 1.30 bits per heavy atom. The molecular weight excluding hydrogens is 418 g/mol. The third-order valence-electron chi connectivity index (χ3n) is 5.58. The highest BCUT2D eigenvalue weighted by molar-refractivity contribution is 6.34. The molecule has 0 aliphatic carbocycles. The van der Waals surface area contributed by atoms with Crippen LogP contribution in [0.4, 0.5) is 5.69 Å². The number of anilines is 1. The van der Waals surface area contributed by atoms with Crippen molar-refractivity contribution in [2.24, 2.45) is 0 Å². The number of rotatable bonds is 5. The van der Waals surface area contributed by atoms with Crippen LogP contribution in [-0.2, 0) is 4.74 Å². The van der Waals surface area contributed by atoms with Crippen LogP contribution in [0.15, 0.2) is 91.0 Å².